The quantitative estimate of drug-likeness (QED) is 0.823. The SMILES string of the molecule is C[C@@H]1C[C@@H](C)CN(S(=O)(=O)N2CCC[C@H](C(=O)NCc3ccccn3)C2)C1. The molecule has 2 aliphatic rings. The Kier molecular flexibility index (Phi) is 6.49. The molecule has 8 heteroatoms. The van der Waals surface area contributed by atoms with Crippen LogP contribution in [0.25, 0.3) is 0 Å². The zero-order valence-electron chi connectivity index (χ0n) is 16.2. The van der Waals surface area contributed by atoms with E-state index in [1.165, 1.54) is 4.31 Å². The average Bonchev–Trinajstić information content (AvgIpc) is 2.66. The first-order chi connectivity index (χ1) is 12.9. The number of pyridine rings is 1. The van der Waals surface area contributed by atoms with Gasteiger partial charge in [-0.05, 0) is 43.2 Å². The maximum atomic E-state index is 13.1. The minimum Gasteiger partial charge on any atom is -0.350 e. The van der Waals surface area contributed by atoms with E-state index in [1.807, 2.05) is 18.2 Å². The van der Waals surface area contributed by atoms with Gasteiger partial charge in [-0.1, -0.05) is 19.9 Å². The van der Waals surface area contributed by atoms with Gasteiger partial charge in [-0.25, -0.2) is 0 Å². The molecule has 2 fully saturated rings. The Labute approximate surface area is 162 Å². The molecule has 0 saturated carbocycles. The number of nitrogens with one attached hydrogen (secondary N) is 1. The van der Waals surface area contributed by atoms with Gasteiger partial charge in [-0.15, -0.1) is 0 Å². The molecule has 1 aromatic heterocycles. The summed E-state index contributed by atoms with van der Waals surface area (Å²) < 4.78 is 29.3. The Bertz CT molecular complexity index is 731. The van der Waals surface area contributed by atoms with Crippen LogP contribution in [0.5, 0.6) is 0 Å². The number of hydrogen-bond acceptors (Lipinski definition) is 4. The third-order valence-electron chi connectivity index (χ3n) is 5.41. The van der Waals surface area contributed by atoms with E-state index in [0.29, 0.717) is 50.9 Å². The summed E-state index contributed by atoms with van der Waals surface area (Å²) in [6.45, 7) is 6.45. The van der Waals surface area contributed by atoms with Gasteiger partial charge in [0.15, 0.2) is 0 Å². The highest BCUT2D eigenvalue weighted by atomic mass is 32.2. The first-order valence-electron chi connectivity index (χ1n) is 9.79. The van der Waals surface area contributed by atoms with Crippen molar-refractivity contribution in [3.8, 4) is 0 Å². The molecule has 1 N–H and O–H groups in total. The minimum absolute atomic E-state index is 0.0964. The maximum absolute atomic E-state index is 13.1. The summed E-state index contributed by atoms with van der Waals surface area (Å²) in [6.07, 6.45) is 4.17. The molecule has 0 aliphatic carbocycles. The number of aromatic nitrogens is 1. The van der Waals surface area contributed by atoms with Crippen molar-refractivity contribution in [1.29, 1.82) is 0 Å². The molecule has 2 saturated heterocycles. The van der Waals surface area contributed by atoms with Gasteiger partial charge in [-0.2, -0.15) is 17.0 Å². The normalized spacial score (nSPS) is 28.0. The van der Waals surface area contributed by atoms with Crippen LogP contribution in [0.2, 0.25) is 0 Å². The van der Waals surface area contributed by atoms with Gasteiger partial charge in [0.25, 0.3) is 10.2 Å². The number of nitrogens with zero attached hydrogens (tertiary/aromatic N) is 3. The standard InChI is InChI=1S/C19H30N4O3S/c1-15-10-16(2)13-23(12-15)27(25,26)22-9-5-6-17(14-22)19(24)21-11-18-7-3-4-8-20-18/h3-4,7-8,15-17H,5-6,9-14H2,1-2H3,(H,21,24)/t15-,16-,17+/m1/s1. The predicted octanol–water partition coefficient (Wildman–Crippen LogP) is 1.63. The summed E-state index contributed by atoms with van der Waals surface area (Å²) in [5, 5.41) is 2.90. The molecule has 3 rings (SSSR count). The topological polar surface area (TPSA) is 82.6 Å². The maximum Gasteiger partial charge on any atom is 0.282 e. The highest BCUT2D eigenvalue weighted by Gasteiger charge is 2.38. The number of hydrogen-bond donors (Lipinski definition) is 1. The second-order valence-electron chi connectivity index (χ2n) is 8.01. The second kappa shape index (κ2) is 8.67. The zero-order valence-corrected chi connectivity index (χ0v) is 17.0. The molecule has 7 nitrogen and oxygen atoms in total. The Balaban J connectivity index is 1.60. The molecule has 1 aromatic rings. The molecule has 0 bridgehead atoms. The molecular weight excluding hydrogens is 364 g/mol. The van der Waals surface area contributed by atoms with E-state index in [-0.39, 0.29) is 18.4 Å². The van der Waals surface area contributed by atoms with Crippen LogP contribution < -0.4 is 5.32 Å². The molecule has 0 aromatic carbocycles. The van der Waals surface area contributed by atoms with Gasteiger partial charge in [0.05, 0.1) is 18.2 Å². The molecule has 0 spiro atoms. The van der Waals surface area contributed by atoms with Crippen LogP contribution >= 0.6 is 0 Å². The zero-order chi connectivity index (χ0) is 19.4. The third-order valence-corrected chi connectivity index (χ3v) is 7.35. The molecule has 1 amide bonds. The fourth-order valence-corrected chi connectivity index (χ4v) is 6.09. The van der Waals surface area contributed by atoms with E-state index in [2.05, 4.69) is 24.1 Å². The van der Waals surface area contributed by atoms with Crippen molar-refractivity contribution in [2.45, 2.75) is 39.7 Å². The molecule has 0 radical (unpaired) electrons. The van der Waals surface area contributed by atoms with Crippen LogP contribution in [-0.2, 0) is 21.5 Å². The van der Waals surface area contributed by atoms with Crippen LogP contribution in [0.4, 0.5) is 0 Å². The van der Waals surface area contributed by atoms with Crippen molar-refractivity contribution < 1.29 is 13.2 Å². The molecule has 2 aliphatic heterocycles. The number of carbonyl (C=O) groups excluding carboxylic acids is 1. The van der Waals surface area contributed by atoms with Crippen LogP contribution in [-0.4, -0.2) is 54.1 Å². The number of carbonyl (C=O) groups is 1. The molecular formula is C19H30N4O3S. The van der Waals surface area contributed by atoms with Crippen molar-refractivity contribution in [1.82, 2.24) is 18.9 Å². The second-order valence-corrected chi connectivity index (χ2v) is 9.94. The first-order valence-corrected chi connectivity index (χ1v) is 11.2. The van der Waals surface area contributed by atoms with Gasteiger partial charge >= 0.3 is 0 Å². The fraction of sp³-hybridized carbons (Fsp3) is 0.684. The molecule has 27 heavy (non-hydrogen) atoms. The smallest absolute Gasteiger partial charge is 0.282 e. The Morgan fingerprint density at radius 1 is 1.19 bits per heavy atom. The van der Waals surface area contributed by atoms with E-state index >= 15 is 0 Å². The van der Waals surface area contributed by atoms with E-state index < -0.39 is 10.2 Å². The van der Waals surface area contributed by atoms with Gasteiger partial charge in [0.1, 0.15) is 0 Å². The largest absolute Gasteiger partial charge is 0.350 e. The molecule has 3 heterocycles. The Morgan fingerprint density at radius 2 is 1.93 bits per heavy atom. The Hall–Kier alpha value is -1.51. The molecule has 0 unspecified atom stereocenters. The van der Waals surface area contributed by atoms with Gasteiger partial charge in [0.2, 0.25) is 5.91 Å². The summed E-state index contributed by atoms with van der Waals surface area (Å²) in [6, 6.07) is 5.57. The van der Waals surface area contributed by atoms with Crippen molar-refractivity contribution >= 4 is 16.1 Å². The van der Waals surface area contributed by atoms with Crippen LogP contribution in [0, 0.1) is 17.8 Å². The summed E-state index contributed by atoms with van der Waals surface area (Å²) in [5.41, 5.74) is 0.794. The van der Waals surface area contributed by atoms with Crippen LogP contribution in [0.15, 0.2) is 24.4 Å². The molecule has 3 atom stereocenters. The monoisotopic (exact) mass is 394 g/mol. The van der Waals surface area contributed by atoms with E-state index in [0.717, 1.165) is 12.1 Å². The predicted molar refractivity (Wildman–Crippen MR) is 104 cm³/mol. The summed E-state index contributed by atoms with van der Waals surface area (Å²) >= 11 is 0. The summed E-state index contributed by atoms with van der Waals surface area (Å²) in [7, 11) is -3.51. The number of amides is 1. The van der Waals surface area contributed by atoms with Gasteiger partial charge in [-0.3, -0.25) is 9.78 Å². The van der Waals surface area contributed by atoms with E-state index in [1.54, 1.807) is 10.5 Å². The highest BCUT2D eigenvalue weighted by Crippen LogP contribution is 2.27. The minimum atomic E-state index is -3.51. The lowest BCUT2D eigenvalue weighted by molar-refractivity contribution is -0.126. The van der Waals surface area contributed by atoms with E-state index in [9.17, 15) is 13.2 Å². The van der Waals surface area contributed by atoms with Gasteiger partial charge < -0.3 is 5.32 Å². The molecule has 150 valence electrons. The fourth-order valence-electron chi connectivity index (χ4n) is 4.15. The average molecular weight is 395 g/mol. The van der Waals surface area contributed by atoms with Gasteiger partial charge in [0, 0.05) is 32.4 Å². The van der Waals surface area contributed by atoms with Crippen LogP contribution in [0.1, 0.15) is 38.8 Å². The van der Waals surface area contributed by atoms with Crippen molar-refractivity contribution in [3.63, 3.8) is 0 Å². The van der Waals surface area contributed by atoms with E-state index in [4.69, 9.17) is 0 Å². The number of rotatable bonds is 5. The lowest BCUT2D eigenvalue weighted by atomic mass is 9.94. The lowest BCUT2D eigenvalue weighted by Gasteiger charge is -2.39. The van der Waals surface area contributed by atoms with Crippen molar-refractivity contribution in [2.24, 2.45) is 17.8 Å². The number of piperidine rings is 2. The Morgan fingerprint density at radius 3 is 2.59 bits per heavy atom. The van der Waals surface area contributed by atoms with Crippen LogP contribution in [0.3, 0.4) is 0 Å². The third kappa shape index (κ3) is 5.06. The summed E-state index contributed by atoms with van der Waals surface area (Å²) in [4.78, 5) is 16.7. The van der Waals surface area contributed by atoms with Crippen molar-refractivity contribution in [3.05, 3.63) is 30.1 Å². The lowest BCUT2D eigenvalue weighted by Crippen LogP contribution is -2.53. The highest BCUT2D eigenvalue weighted by molar-refractivity contribution is 7.86. The first kappa shape index (κ1) is 20.2. The summed E-state index contributed by atoms with van der Waals surface area (Å²) in [5.74, 6) is 0.328. The van der Waals surface area contributed by atoms with Crippen molar-refractivity contribution in [2.75, 3.05) is 26.2 Å².